The van der Waals surface area contributed by atoms with E-state index in [1.165, 1.54) is 24.1 Å². The predicted octanol–water partition coefficient (Wildman–Crippen LogP) is 2.97. The van der Waals surface area contributed by atoms with Gasteiger partial charge >= 0.3 is 0 Å². The predicted molar refractivity (Wildman–Crippen MR) is 88.2 cm³/mol. The van der Waals surface area contributed by atoms with E-state index in [0.717, 1.165) is 25.4 Å². The van der Waals surface area contributed by atoms with Crippen molar-refractivity contribution < 1.29 is 13.6 Å². The smallest absolute Gasteiger partial charge is 0.289 e. The van der Waals surface area contributed by atoms with Crippen LogP contribution in [0.5, 0.6) is 0 Å². The molecule has 0 N–H and O–H groups in total. The minimum absolute atomic E-state index is 0.0459. The average Bonchev–Trinajstić information content (AvgIpc) is 3.11. The summed E-state index contributed by atoms with van der Waals surface area (Å²) in [6.07, 6.45) is 1.52. The molecule has 0 unspecified atom stereocenters. The highest BCUT2D eigenvalue weighted by atomic mass is 32.2. The van der Waals surface area contributed by atoms with E-state index < -0.39 is 0 Å². The fraction of sp³-hybridized carbons (Fsp3) is 0.353. The number of thioether (sulfide) groups is 1. The van der Waals surface area contributed by atoms with Crippen LogP contribution in [0.2, 0.25) is 0 Å². The van der Waals surface area contributed by atoms with Gasteiger partial charge in [0.1, 0.15) is 5.82 Å². The summed E-state index contributed by atoms with van der Waals surface area (Å²) in [7, 11) is 0. The second kappa shape index (κ2) is 7.66. The molecule has 1 aliphatic rings. The van der Waals surface area contributed by atoms with E-state index in [9.17, 15) is 9.18 Å². The lowest BCUT2D eigenvalue weighted by Crippen LogP contribution is -2.49. The molecular formula is C17H19FN2O2S. The third kappa shape index (κ3) is 4.14. The van der Waals surface area contributed by atoms with Crippen molar-refractivity contribution in [1.82, 2.24) is 9.80 Å². The summed E-state index contributed by atoms with van der Waals surface area (Å²) in [5.41, 5.74) is 0. The lowest BCUT2D eigenvalue weighted by Gasteiger charge is -2.34. The Bertz CT molecular complexity index is 640. The maximum atomic E-state index is 13.5. The van der Waals surface area contributed by atoms with Gasteiger partial charge in [0.25, 0.3) is 5.91 Å². The average molecular weight is 334 g/mol. The molecular weight excluding hydrogens is 315 g/mol. The zero-order valence-electron chi connectivity index (χ0n) is 12.8. The van der Waals surface area contributed by atoms with Gasteiger partial charge in [-0.3, -0.25) is 9.69 Å². The van der Waals surface area contributed by atoms with Crippen LogP contribution in [0.25, 0.3) is 0 Å². The van der Waals surface area contributed by atoms with Crippen LogP contribution < -0.4 is 0 Å². The molecule has 122 valence electrons. The lowest BCUT2D eigenvalue weighted by atomic mass is 10.3. The number of hydrogen-bond donors (Lipinski definition) is 0. The van der Waals surface area contributed by atoms with Crippen LogP contribution in [-0.2, 0) is 0 Å². The van der Waals surface area contributed by atoms with Crippen molar-refractivity contribution in [3.63, 3.8) is 0 Å². The normalized spacial score (nSPS) is 15.8. The molecule has 0 radical (unpaired) electrons. The number of furan rings is 1. The third-order valence-corrected chi connectivity index (χ3v) is 4.92. The van der Waals surface area contributed by atoms with Crippen molar-refractivity contribution in [2.45, 2.75) is 4.90 Å². The Morgan fingerprint density at radius 2 is 1.91 bits per heavy atom. The second-order valence-electron chi connectivity index (χ2n) is 5.39. The maximum absolute atomic E-state index is 13.5. The van der Waals surface area contributed by atoms with Crippen molar-refractivity contribution in [3.8, 4) is 0 Å². The third-order valence-electron chi connectivity index (χ3n) is 3.89. The summed E-state index contributed by atoms with van der Waals surface area (Å²) in [4.78, 5) is 17.0. The second-order valence-corrected chi connectivity index (χ2v) is 6.53. The minimum atomic E-state index is -0.161. The van der Waals surface area contributed by atoms with Gasteiger partial charge in [-0.2, -0.15) is 0 Å². The van der Waals surface area contributed by atoms with Crippen LogP contribution in [0.15, 0.2) is 52.0 Å². The Labute approximate surface area is 139 Å². The standard InChI is InChI=1S/C17H19FN2O2S/c18-14-4-1-2-6-16(14)23-13-11-19-7-9-20(10-8-19)17(21)15-5-3-12-22-15/h1-6,12H,7-11,13H2. The SMILES string of the molecule is O=C(c1ccco1)N1CCN(CCSc2ccccc2F)CC1. The first-order chi connectivity index (χ1) is 11.2. The van der Waals surface area contributed by atoms with E-state index >= 15 is 0 Å². The fourth-order valence-electron chi connectivity index (χ4n) is 2.58. The zero-order valence-corrected chi connectivity index (χ0v) is 13.6. The molecule has 2 aromatic rings. The van der Waals surface area contributed by atoms with E-state index in [4.69, 9.17) is 4.42 Å². The number of rotatable bonds is 5. The number of hydrogen-bond acceptors (Lipinski definition) is 4. The Morgan fingerprint density at radius 1 is 1.13 bits per heavy atom. The first-order valence-corrected chi connectivity index (χ1v) is 8.65. The van der Waals surface area contributed by atoms with Gasteiger partial charge in [-0.1, -0.05) is 12.1 Å². The molecule has 1 aromatic carbocycles. The molecule has 0 spiro atoms. The monoisotopic (exact) mass is 334 g/mol. The van der Waals surface area contributed by atoms with Gasteiger partial charge in [0, 0.05) is 43.4 Å². The minimum Gasteiger partial charge on any atom is -0.459 e. The molecule has 1 aliphatic heterocycles. The van der Waals surface area contributed by atoms with Crippen LogP contribution in [0.1, 0.15) is 10.6 Å². The molecule has 1 saturated heterocycles. The Hall–Kier alpha value is -1.79. The molecule has 1 amide bonds. The Morgan fingerprint density at radius 3 is 2.61 bits per heavy atom. The van der Waals surface area contributed by atoms with Crippen molar-refractivity contribution in [1.29, 1.82) is 0 Å². The van der Waals surface area contributed by atoms with Gasteiger partial charge in [0.05, 0.1) is 6.26 Å². The summed E-state index contributed by atoms with van der Waals surface area (Å²) < 4.78 is 18.7. The summed E-state index contributed by atoms with van der Waals surface area (Å²) in [5, 5.41) is 0. The summed E-state index contributed by atoms with van der Waals surface area (Å²) in [6, 6.07) is 10.3. The largest absolute Gasteiger partial charge is 0.459 e. The molecule has 0 aliphatic carbocycles. The van der Waals surface area contributed by atoms with Crippen LogP contribution in [0, 0.1) is 5.82 Å². The number of carbonyl (C=O) groups is 1. The summed E-state index contributed by atoms with van der Waals surface area (Å²) in [6.45, 7) is 3.96. The molecule has 2 heterocycles. The maximum Gasteiger partial charge on any atom is 0.289 e. The van der Waals surface area contributed by atoms with E-state index in [2.05, 4.69) is 4.90 Å². The Balaban J connectivity index is 1.41. The molecule has 23 heavy (non-hydrogen) atoms. The Kier molecular flexibility index (Phi) is 5.35. The van der Waals surface area contributed by atoms with Crippen LogP contribution >= 0.6 is 11.8 Å². The molecule has 1 fully saturated rings. The zero-order chi connectivity index (χ0) is 16.1. The highest BCUT2D eigenvalue weighted by Crippen LogP contribution is 2.21. The van der Waals surface area contributed by atoms with Crippen molar-refractivity contribution in [3.05, 3.63) is 54.2 Å². The molecule has 6 heteroatoms. The van der Waals surface area contributed by atoms with Gasteiger partial charge in [-0.15, -0.1) is 11.8 Å². The van der Waals surface area contributed by atoms with Gasteiger partial charge in [-0.05, 0) is 24.3 Å². The number of halogens is 1. The first kappa shape index (κ1) is 16.1. The summed E-state index contributed by atoms with van der Waals surface area (Å²) >= 11 is 1.53. The van der Waals surface area contributed by atoms with Gasteiger partial charge < -0.3 is 9.32 Å². The number of nitrogens with zero attached hydrogens (tertiary/aromatic N) is 2. The van der Waals surface area contributed by atoms with Crippen LogP contribution in [-0.4, -0.2) is 54.2 Å². The highest BCUT2D eigenvalue weighted by molar-refractivity contribution is 7.99. The molecule has 4 nitrogen and oxygen atoms in total. The van der Waals surface area contributed by atoms with Crippen molar-refractivity contribution in [2.75, 3.05) is 38.5 Å². The fourth-order valence-corrected chi connectivity index (χ4v) is 3.53. The quantitative estimate of drug-likeness (QED) is 0.788. The topological polar surface area (TPSA) is 36.7 Å². The molecule has 0 atom stereocenters. The molecule has 1 aromatic heterocycles. The van der Waals surface area contributed by atoms with Crippen molar-refractivity contribution >= 4 is 17.7 Å². The number of carbonyl (C=O) groups excluding carboxylic acids is 1. The number of piperazine rings is 1. The lowest BCUT2D eigenvalue weighted by molar-refractivity contribution is 0.0613. The van der Waals surface area contributed by atoms with E-state index in [-0.39, 0.29) is 11.7 Å². The van der Waals surface area contributed by atoms with Gasteiger partial charge in [-0.25, -0.2) is 4.39 Å². The van der Waals surface area contributed by atoms with E-state index in [0.29, 0.717) is 23.7 Å². The summed E-state index contributed by atoms with van der Waals surface area (Å²) in [5.74, 6) is 1.03. The van der Waals surface area contributed by atoms with E-state index in [1.54, 1.807) is 24.3 Å². The van der Waals surface area contributed by atoms with Gasteiger partial charge in [0.15, 0.2) is 5.76 Å². The highest BCUT2D eigenvalue weighted by Gasteiger charge is 2.23. The molecule has 0 saturated carbocycles. The number of amides is 1. The first-order valence-electron chi connectivity index (χ1n) is 7.66. The van der Waals surface area contributed by atoms with Crippen LogP contribution in [0.3, 0.4) is 0 Å². The molecule has 0 bridgehead atoms. The van der Waals surface area contributed by atoms with E-state index in [1.807, 2.05) is 11.0 Å². The van der Waals surface area contributed by atoms with Crippen LogP contribution in [0.4, 0.5) is 4.39 Å². The van der Waals surface area contributed by atoms with Gasteiger partial charge in [0.2, 0.25) is 0 Å². The number of benzene rings is 1. The molecule has 3 rings (SSSR count). The van der Waals surface area contributed by atoms with Crippen molar-refractivity contribution in [2.24, 2.45) is 0 Å².